The highest BCUT2D eigenvalue weighted by Gasteiger charge is 2.43. The van der Waals surface area contributed by atoms with Crippen molar-refractivity contribution in [1.29, 1.82) is 0 Å². The van der Waals surface area contributed by atoms with Crippen molar-refractivity contribution in [3.63, 3.8) is 0 Å². The molecular formula is C12H17F3N2O3. The van der Waals surface area contributed by atoms with Gasteiger partial charge < -0.3 is 14.9 Å². The lowest BCUT2D eigenvalue weighted by atomic mass is 9.96. The van der Waals surface area contributed by atoms with Crippen LogP contribution in [0.3, 0.4) is 0 Å². The number of hydrogen-bond acceptors (Lipinski definition) is 2. The van der Waals surface area contributed by atoms with Gasteiger partial charge in [-0.25, -0.2) is 9.59 Å². The van der Waals surface area contributed by atoms with E-state index in [-0.39, 0.29) is 25.9 Å². The van der Waals surface area contributed by atoms with Crippen molar-refractivity contribution < 1.29 is 27.9 Å². The summed E-state index contributed by atoms with van der Waals surface area (Å²) in [4.78, 5) is 25.8. The number of nitrogens with zero attached hydrogens (tertiary/aromatic N) is 2. The van der Waals surface area contributed by atoms with Gasteiger partial charge in [-0.1, -0.05) is 0 Å². The number of hydrogen-bond donors (Lipinski definition) is 1. The third kappa shape index (κ3) is 2.99. The average Bonchev–Trinajstić information content (AvgIpc) is 2.86. The number of carboxylic acid groups (broad SMARTS) is 1. The molecule has 1 atom stereocenters. The summed E-state index contributed by atoms with van der Waals surface area (Å²) in [7, 11) is 0. The van der Waals surface area contributed by atoms with Crippen molar-refractivity contribution in [3.05, 3.63) is 0 Å². The first-order chi connectivity index (χ1) is 9.30. The summed E-state index contributed by atoms with van der Waals surface area (Å²) < 4.78 is 37.6. The molecule has 8 heteroatoms. The summed E-state index contributed by atoms with van der Waals surface area (Å²) >= 11 is 0. The van der Waals surface area contributed by atoms with E-state index in [1.165, 1.54) is 9.80 Å². The van der Waals surface area contributed by atoms with Crippen LogP contribution >= 0.6 is 0 Å². The minimum absolute atomic E-state index is 0.0336. The highest BCUT2D eigenvalue weighted by atomic mass is 19.4. The Balaban J connectivity index is 1.93. The van der Waals surface area contributed by atoms with Gasteiger partial charge in [0, 0.05) is 19.6 Å². The van der Waals surface area contributed by atoms with Crippen LogP contribution in [0.1, 0.15) is 25.7 Å². The predicted octanol–water partition coefficient (Wildman–Crippen LogP) is 1.93. The number of rotatable bonds is 1. The van der Waals surface area contributed by atoms with Crippen LogP contribution in [0, 0.1) is 5.92 Å². The first kappa shape index (κ1) is 14.9. The minimum atomic E-state index is -4.22. The standard InChI is InChI=1S/C12H17F3N2O3/c13-12(14,15)8-3-6-16(7-4-8)11(20)17-5-1-2-9(17)10(18)19/h8-9H,1-7H2,(H,18,19). The molecule has 0 spiro atoms. The highest BCUT2D eigenvalue weighted by molar-refractivity contribution is 5.83. The van der Waals surface area contributed by atoms with Gasteiger partial charge in [-0.3, -0.25) is 0 Å². The molecule has 5 nitrogen and oxygen atoms in total. The number of likely N-dealkylation sites (tertiary alicyclic amines) is 2. The minimum Gasteiger partial charge on any atom is -0.480 e. The third-order valence-electron chi connectivity index (χ3n) is 4.01. The second-order valence-corrected chi connectivity index (χ2v) is 5.28. The van der Waals surface area contributed by atoms with E-state index < -0.39 is 30.1 Å². The lowest BCUT2D eigenvalue weighted by Gasteiger charge is -2.36. The van der Waals surface area contributed by atoms with Crippen LogP contribution in [0.5, 0.6) is 0 Å². The molecule has 1 unspecified atom stereocenters. The Hall–Kier alpha value is -1.47. The van der Waals surface area contributed by atoms with E-state index in [1.54, 1.807) is 0 Å². The topological polar surface area (TPSA) is 60.9 Å². The lowest BCUT2D eigenvalue weighted by Crippen LogP contribution is -2.51. The van der Waals surface area contributed by atoms with Crippen molar-refractivity contribution >= 4 is 12.0 Å². The molecule has 2 amide bonds. The smallest absolute Gasteiger partial charge is 0.391 e. The fourth-order valence-corrected chi connectivity index (χ4v) is 2.83. The number of amides is 2. The summed E-state index contributed by atoms with van der Waals surface area (Å²) in [6.45, 7) is 0.423. The fourth-order valence-electron chi connectivity index (χ4n) is 2.83. The first-order valence-electron chi connectivity index (χ1n) is 6.65. The maximum atomic E-state index is 12.5. The Morgan fingerprint density at radius 1 is 1.05 bits per heavy atom. The largest absolute Gasteiger partial charge is 0.480 e. The molecule has 20 heavy (non-hydrogen) atoms. The SMILES string of the molecule is O=C(O)C1CCCN1C(=O)N1CCC(C(F)(F)F)CC1. The second kappa shape index (κ2) is 5.49. The molecule has 2 aliphatic rings. The van der Waals surface area contributed by atoms with Gasteiger partial charge in [0.25, 0.3) is 0 Å². The monoisotopic (exact) mass is 294 g/mol. The molecule has 0 aromatic rings. The zero-order chi connectivity index (χ0) is 14.9. The van der Waals surface area contributed by atoms with E-state index in [0.717, 1.165) is 0 Å². The van der Waals surface area contributed by atoms with Crippen LogP contribution in [-0.2, 0) is 4.79 Å². The van der Waals surface area contributed by atoms with E-state index in [1.807, 2.05) is 0 Å². The van der Waals surface area contributed by atoms with Crippen molar-refractivity contribution in [1.82, 2.24) is 9.80 Å². The van der Waals surface area contributed by atoms with Gasteiger partial charge >= 0.3 is 18.2 Å². The number of aliphatic carboxylic acids is 1. The van der Waals surface area contributed by atoms with Gasteiger partial charge in [0.05, 0.1) is 5.92 Å². The van der Waals surface area contributed by atoms with Crippen molar-refractivity contribution in [2.45, 2.75) is 37.9 Å². The normalized spacial score (nSPS) is 25.1. The summed E-state index contributed by atoms with van der Waals surface area (Å²) in [6, 6.07) is -1.29. The zero-order valence-corrected chi connectivity index (χ0v) is 10.9. The van der Waals surface area contributed by atoms with Crippen molar-refractivity contribution in [3.8, 4) is 0 Å². The van der Waals surface area contributed by atoms with E-state index in [4.69, 9.17) is 5.11 Å². The molecule has 0 radical (unpaired) electrons. The zero-order valence-electron chi connectivity index (χ0n) is 10.9. The number of urea groups is 1. The summed E-state index contributed by atoms with van der Waals surface area (Å²) in [6.07, 6.45) is -3.42. The summed E-state index contributed by atoms with van der Waals surface area (Å²) in [5.74, 6) is -2.42. The van der Waals surface area contributed by atoms with Crippen molar-refractivity contribution in [2.75, 3.05) is 19.6 Å². The average molecular weight is 294 g/mol. The van der Waals surface area contributed by atoms with Gasteiger partial charge in [-0.15, -0.1) is 0 Å². The Morgan fingerprint density at radius 3 is 2.15 bits per heavy atom. The van der Waals surface area contributed by atoms with E-state index in [9.17, 15) is 22.8 Å². The maximum absolute atomic E-state index is 12.5. The van der Waals surface area contributed by atoms with Gasteiger partial charge in [-0.2, -0.15) is 13.2 Å². The first-order valence-corrected chi connectivity index (χ1v) is 6.65. The van der Waals surface area contributed by atoms with Crippen LogP contribution < -0.4 is 0 Å². The van der Waals surface area contributed by atoms with Gasteiger partial charge in [0.15, 0.2) is 0 Å². The quantitative estimate of drug-likeness (QED) is 0.804. The molecule has 0 aromatic heterocycles. The number of alkyl halides is 3. The third-order valence-corrected chi connectivity index (χ3v) is 4.01. The molecule has 114 valence electrons. The molecule has 0 bridgehead atoms. The van der Waals surface area contributed by atoms with E-state index in [0.29, 0.717) is 19.4 Å². The van der Waals surface area contributed by atoms with Crippen LogP contribution in [0.2, 0.25) is 0 Å². The Morgan fingerprint density at radius 2 is 1.65 bits per heavy atom. The Bertz CT molecular complexity index is 392. The maximum Gasteiger partial charge on any atom is 0.391 e. The highest BCUT2D eigenvalue weighted by Crippen LogP contribution is 2.34. The summed E-state index contributed by atoms with van der Waals surface area (Å²) in [5, 5.41) is 9.02. The predicted molar refractivity (Wildman–Crippen MR) is 63.1 cm³/mol. The van der Waals surface area contributed by atoms with Crippen LogP contribution in [-0.4, -0.2) is 58.8 Å². The van der Waals surface area contributed by atoms with Gasteiger partial charge in [0.1, 0.15) is 6.04 Å². The van der Waals surface area contributed by atoms with Crippen LogP contribution in [0.25, 0.3) is 0 Å². The van der Waals surface area contributed by atoms with Gasteiger partial charge in [0.2, 0.25) is 0 Å². The number of piperidine rings is 1. The van der Waals surface area contributed by atoms with E-state index in [2.05, 4.69) is 0 Å². The number of carbonyl (C=O) groups excluding carboxylic acids is 1. The van der Waals surface area contributed by atoms with Crippen LogP contribution in [0.15, 0.2) is 0 Å². The molecule has 0 aliphatic carbocycles. The molecule has 2 fully saturated rings. The number of carbonyl (C=O) groups is 2. The molecule has 0 aromatic carbocycles. The van der Waals surface area contributed by atoms with E-state index >= 15 is 0 Å². The molecule has 0 saturated carbocycles. The van der Waals surface area contributed by atoms with Gasteiger partial charge in [-0.05, 0) is 25.7 Å². The Kier molecular flexibility index (Phi) is 4.10. The number of carboxylic acids is 1. The molecular weight excluding hydrogens is 277 g/mol. The van der Waals surface area contributed by atoms with Crippen molar-refractivity contribution in [2.24, 2.45) is 5.92 Å². The number of halogens is 3. The molecule has 2 aliphatic heterocycles. The fraction of sp³-hybridized carbons (Fsp3) is 0.833. The molecule has 2 rings (SSSR count). The lowest BCUT2D eigenvalue weighted by molar-refractivity contribution is -0.183. The molecule has 1 N–H and O–H groups in total. The van der Waals surface area contributed by atoms with Crippen LogP contribution in [0.4, 0.5) is 18.0 Å². The molecule has 2 saturated heterocycles. The summed E-state index contributed by atoms with van der Waals surface area (Å²) in [5.41, 5.74) is 0. The molecule has 2 heterocycles. The Labute approximate surface area is 114 Å². The second-order valence-electron chi connectivity index (χ2n) is 5.28.